The van der Waals surface area contributed by atoms with Gasteiger partial charge in [0.1, 0.15) is 0 Å². The van der Waals surface area contributed by atoms with Gasteiger partial charge in [0.2, 0.25) is 0 Å². The molecular formula is C15H13ClN2. The number of nitriles is 1. The van der Waals surface area contributed by atoms with Crippen LogP contribution in [-0.4, -0.2) is 0 Å². The quantitative estimate of drug-likeness (QED) is 0.896. The van der Waals surface area contributed by atoms with E-state index in [2.05, 4.69) is 24.4 Å². The Hall–Kier alpha value is -1.98. The molecule has 0 aliphatic heterocycles. The molecule has 0 spiro atoms. The normalized spacial score (nSPS) is 9.83. The Morgan fingerprint density at radius 1 is 1.22 bits per heavy atom. The highest BCUT2D eigenvalue weighted by Gasteiger charge is 2.02. The van der Waals surface area contributed by atoms with Crippen molar-refractivity contribution in [3.05, 3.63) is 64.2 Å². The second-order valence-corrected chi connectivity index (χ2v) is 4.49. The molecule has 1 N–H and O–H groups in total. The predicted molar refractivity (Wildman–Crippen MR) is 74.7 cm³/mol. The van der Waals surface area contributed by atoms with Crippen LogP contribution in [0.25, 0.3) is 0 Å². The number of benzene rings is 2. The fraction of sp³-hybridized carbons (Fsp3) is 0.133. The van der Waals surface area contributed by atoms with Crippen LogP contribution in [0.4, 0.5) is 5.69 Å². The van der Waals surface area contributed by atoms with Crippen molar-refractivity contribution < 1.29 is 0 Å². The zero-order valence-electron chi connectivity index (χ0n) is 10.1. The third-order valence-electron chi connectivity index (χ3n) is 2.80. The maximum atomic E-state index is 8.77. The summed E-state index contributed by atoms with van der Waals surface area (Å²) in [5, 5.41) is 12.7. The number of rotatable bonds is 3. The van der Waals surface area contributed by atoms with E-state index in [-0.39, 0.29) is 0 Å². The highest BCUT2D eigenvalue weighted by molar-refractivity contribution is 6.31. The summed E-state index contributed by atoms with van der Waals surface area (Å²) in [6.07, 6.45) is 0. The van der Waals surface area contributed by atoms with Crippen LogP contribution in [0.15, 0.2) is 42.5 Å². The van der Waals surface area contributed by atoms with Crippen LogP contribution in [0.2, 0.25) is 5.02 Å². The van der Waals surface area contributed by atoms with Crippen LogP contribution in [-0.2, 0) is 6.54 Å². The average molecular weight is 257 g/mol. The lowest BCUT2D eigenvalue weighted by molar-refractivity contribution is 1.14. The van der Waals surface area contributed by atoms with E-state index in [1.165, 1.54) is 5.56 Å². The molecule has 90 valence electrons. The van der Waals surface area contributed by atoms with Crippen molar-refractivity contribution in [3.63, 3.8) is 0 Å². The molecule has 0 heterocycles. The van der Waals surface area contributed by atoms with E-state index in [0.29, 0.717) is 17.1 Å². The zero-order chi connectivity index (χ0) is 13.0. The molecule has 0 aliphatic carbocycles. The first-order chi connectivity index (χ1) is 8.70. The number of halogens is 1. The van der Waals surface area contributed by atoms with Crippen LogP contribution >= 0.6 is 11.6 Å². The number of aryl methyl sites for hydroxylation is 1. The van der Waals surface area contributed by atoms with Crippen LogP contribution < -0.4 is 5.32 Å². The molecule has 0 unspecified atom stereocenters. The van der Waals surface area contributed by atoms with Gasteiger partial charge in [0.05, 0.1) is 11.6 Å². The number of hydrogen-bond donors (Lipinski definition) is 1. The molecule has 0 aliphatic rings. The summed E-state index contributed by atoms with van der Waals surface area (Å²) in [6.45, 7) is 2.71. The summed E-state index contributed by atoms with van der Waals surface area (Å²) in [6, 6.07) is 15.5. The van der Waals surface area contributed by atoms with Gasteiger partial charge >= 0.3 is 0 Å². The Labute approximate surface area is 112 Å². The lowest BCUT2D eigenvalue weighted by Crippen LogP contribution is -2.01. The molecule has 2 rings (SSSR count). The number of hydrogen-bond acceptors (Lipinski definition) is 2. The smallest absolute Gasteiger partial charge is 0.0992 e. The van der Waals surface area contributed by atoms with Gasteiger partial charge in [-0.1, -0.05) is 35.9 Å². The topological polar surface area (TPSA) is 35.8 Å². The van der Waals surface area contributed by atoms with Crippen LogP contribution in [0.3, 0.4) is 0 Å². The van der Waals surface area contributed by atoms with Gasteiger partial charge in [0, 0.05) is 17.3 Å². The van der Waals surface area contributed by atoms with Crippen LogP contribution in [0.5, 0.6) is 0 Å². The van der Waals surface area contributed by atoms with E-state index in [9.17, 15) is 0 Å². The van der Waals surface area contributed by atoms with Gasteiger partial charge < -0.3 is 5.32 Å². The fourth-order valence-electron chi connectivity index (χ4n) is 1.72. The Balaban J connectivity index is 2.12. The van der Waals surface area contributed by atoms with E-state index in [1.54, 1.807) is 12.1 Å². The number of anilines is 1. The summed E-state index contributed by atoms with van der Waals surface area (Å²) in [5.41, 5.74) is 3.86. The third-order valence-corrected chi connectivity index (χ3v) is 3.15. The largest absolute Gasteiger partial charge is 0.381 e. The highest BCUT2D eigenvalue weighted by Crippen LogP contribution is 2.20. The molecule has 0 saturated carbocycles. The lowest BCUT2D eigenvalue weighted by Gasteiger charge is -2.10. The highest BCUT2D eigenvalue weighted by atomic mass is 35.5. The third kappa shape index (κ3) is 2.82. The zero-order valence-corrected chi connectivity index (χ0v) is 10.8. The number of nitrogens with one attached hydrogen (secondary N) is 1. The standard InChI is InChI=1S/C15H13ClN2/c1-11-4-2-3-5-15(11)18-10-13-7-6-12(9-17)8-14(13)16/h2-8,18H,10H2,1H3. The fourth-order valence-corrected chi connectivity index (χ4v) is 1.97. The Bertz CT molecular complexity index is 600. The van der Waals surface area contributed by atoms with E-state index >= 15 is 0 Å². The van der Waals surface area contributed by atoms with Gasteiger partial charge in [-0.2, -0.15) is 5.26 Å². The molecular weight excluding hydrogens is 244 g/mol. The van der Waals surface area contributed by atoms with Crippen LogP contribution in [0.1, 0.15) is 16.7 Å². The Morgan fingerprint density at radius 2 is 2.00 bits per heavy atom. The molecule has 0 atom stereocenters. The number of para-hydroxylation sites is 1. The predicted octanol–water partition coefficient (Wildman–Crippen LogP) is 4.13. The molecule has 3 heteroatoms. The van der Waals surface area contributed by atoms with E-state index in [0.717, 1.165) is 11.3 Å². The van der Waals surface area contributed by atoms with Gasteiger partial charge in [-0.25, -0.2) is 0 Å². The molecule has 0 fully saturated rings. The van der Waals surface area contributed by atoms with E-state index in [4.69, 9.17) is 16.9 Å². The van der Waals surface area contributed by atoms with Crippen molar-refractivity contribution in [3.8, 4) is 6.07 Å². The molecule has 0 radical (unpaired) electrons. The van der Waals surface area contributed by atoms with Crippen molar-refractivity contribution >= 4 is 17.3 Å². The van der Waals surface area contributed by atoms with Crippen molar-refractivity contribution in [1.29, 1.82) is 5.26 Å². The van der Waals surface area contributed by atoms with Crippen molar-refractivity contribution in [1.82, 2.24) is 0 Å². The average Bonchev–Trinajstić information content (AvgIpc) is 2.39. The minimum Gasteiger partial charge on any atom is -0.381 e. The molecule has 0 saturated heterocycles. The molecule has 0 amide bonds. The summed E-state index contributed by atoms with van der Waals surface area (Å²) in [4.78, 5) is 0. The molecule has 18 heavy (non-hydrogen) atoms. The van der Waals surface area contributed by atoms with Crippen molar-refractivity contribution in [2.24, 2.45) is 0 Å². The van der Waals surface area contributed by atoms with Crippen LogP contribution in [0, 0.1) is 18.3 Å². The summed E-state index contributed by atoms with van der Waals surface area (Å²) in [5.74, 6) is 0. The van der Waals surface area contributed by atoms with Gasteiger partial charge in [0.15, 0.2) is 0 Å². The molecule has 0 bridgehead atoms. The minimum absolute atomic E-state index is 0.583. The first-order valence-electron chi connectivity index (χ1n) is 5.69. The van der Waals surface area contributed by atoms with E-state index in [1.807, 2.05) is 24.3 Å². The van der Waals surface area contributed by atoms with Crippen molar-refractivity contribution in [2.45, 2.75) is 13.5 Å². The maximum absolute atomic E-state index is 8.77. The van der Waals surface area contributed by atoms with Gasteiger partial charge in [-0.05, 0) is 36.2 Å². The molecule has 2 aromatic carbocycles. The van der Waals surface area contributed by atoms with Crippen molar-refractivity contribution in [2.75, 3.05) is 5.32 Å². The monoisotopic (exact) mass is 256 g/mol. The van der Waals surface area contributed by atoms with Gasteiger partial charge in [-0.15, -0.1) is 0 Å². The van der Waals surface area contributed by atoms with Gasteiger partial charge in [-0.3, -0.25) is 0 Å². The second kappa shape index (κ2) is 5.57. The van der Waals surface area contributed by atoms with E-state index < -0.39 is 0 Å². The first-order valence-corrected chi connectivity index (χ1v) is 6.06. The maximum Gasteiger partial charge on any atom is 0.0992 e. The minimum atomic E-state index is 0.583. The summed E-state index contributed by atoms with van der Waals surface area (Å²) >= 11 is 6.12. The molecule has 0 aromatic heterocycles. The Kier molecular flexibility index (Phi) is 3.86. The first kappa shape index (κ1) is 12.5. The summed E-state index contributed by atoms with van der Waals surface area (Å²) in [7, 11) is 0. The Morgan fingerprint density at radius 3 is 2.67 bits per heavy atom. The van der Waals surface area contributed by atoms with Gasteiger partial charge in [0.25, 0.3) is 0 Å². The number of nitrogens with zero attached hydrogens (tertiary/aromatic N) is 1. The summed E-state index contributed by atoms with van der Waals surface area (Å²) < 4.78 is 0. The second-order valence-electron chi connectivity index (χ2n) is 4.09. The SMILES string of the molecule is Cc1ccccc1NCc1ccc(C#N)cc1Cl. The molecule has 2 nitrogen and oxygen atoms in total. The lowest BCUT2D eigenvalue weighted by atomic mass is 10.1. The molecule has 2 aromatic rings.